The molecule has 0 aliphatic heterocycles. The van der Waals surface area contributed by atoms with Gasteiger partial charge in [0.05, 0.1) is 12.1 Å². The summed E-state index contributed by atoms with van der Waals surface area (Å²) in [4.78, 5) is 11.1. The van der Waals surface area contributed by atoms with Gasteiger partial charge in [-0.25, -0.2) is 0 Å². The third-order valence-corrected chi connectivity index (χ3v) is 4.43. The Morgan fingerprint density at radius 1 is 1.25 bits per heavy atom. The van der Waals surface area contributed by atoms with Crippen LogP contribution in [0.15, 0.2) is 52.1 Å². The normalized spacial score (nSPS) is 10.9. The van der Waals surface area contributed by atoms with Crippen LogP contribution in [0.25, 0.3) is 10.9 Å². The number of hydrogen-bond acceptors (Lipinski definition) is 4. The first-order valence-corrected chi connectivity index (χ1v) is 8.43. The fourth-order valence-electron chi connectivity index (χ4n) is 2.74. The number of aromatic nitrogens is 1. The highest BCUT2D eigenvalue weighted by Crippen LogP contribution is 2.39. The summed E-state index contributed by atoms with van der Waals surface area (Å²) in [5, 5.41) is 13.9. The van der Waals surface area contributed by atoms with E-state index in [4.69, 9.17) is 4.74 Å². The number of aryl methyl sites for hydroxylation is 2. The van der Waals surface area contributed by atoms with Crippen LogP contribution in [-0.2, 0) is 6.54 Å². The molecule has 3 rings (SSSR count). The van der Waals surface area contributed by atoms with Crippen molar-refractivity contribution in [2.75, 3.05) is 6.61 Å². The minimum atomic E-state index is -0.103. The van der Waals surface area contributed by atoms with Gasteiger partial charge >= 0.3 is 0 Å². The highest BCUT2D eigenvalue weighted by atomic mass is 79.9. The number of rotatable bonds is 6. The lowest BCUT2D eigenvalue weighted by Crippen LogP contribution is -2.04. The Bertz CT molecular complexity index is 889. The number of fused-ring (bicyclic) bond motifs is 1. The van der Waals surface area contributed by atoms with Crippen LogP contribution in [0.3, 0.4) is 0 Å². The van der Waals surface area contributed by atoms with Crippen LogP contribution in [-0.4, -0.2) is 16.3 Å². The maximum absolute atomic E-state index is 11.1. The Balaban J connectivity index is 1.75. The van der Waals surface area contributed by atoms with Gasteiger partial charge in [0.25, 0.3) is 0 Å². The molecule has 0 bridgehead atoms. The fraction of sp³-hybridized carbons (Fsp3) is 0.222. The van der Waals surface area contributed by atoms with Gasteiger partial charge in [-0.15, -0.1) is 4.91 Å². The number of ether oxygens (including phenoxy) is 1. The molecule has 6 heteroatoms. The molecular formula is C18H17BrN2O3. The van der Waals surface area contributed by atoms with Gasteiger partial charge in [-0.1, -0.05) is 34.1 Å². The molecule has 0 fully saturated rings. The molecule has 0 radical (unpaired) electrons. The van der Waals surface area contributed by atoms with Crippen LogP contribution >= 0.6 is 15.9 Å². The van der Waals surface area contributed by atoms with E-state index in [0.717, 1.165) is 21.3 Å². The van der Waals surface area contributed by atoms with Gasteiger partial charge < -0.3 is 14.4 Å². The van der Waals surface area contributed by atoms with E-state index < -0.39 is 0 Å². The van der Waals surface area contributed by atoms with Crippen molar-refractivity contribution in [2.24, 2.45) is 5.18 Å². The van der Waals surface area contributed by atoms with Crippen molar-refractivity contribution in [3.8, 4) is 11.6 Å². The fourth-order valence-corrected chi connectivity index (χ4v) is 3.10. The van der Waals surface area contributed by atoms with E-state index >= 15 is 0 Å². The first-order valence-electron chi connectivity index (χ1n) is 7.64. The lowest BCUT2D eigenvalue weighted by molar-refractivity contribution is 0.296. The third-order valence-electron chi connectivity index (χ3n) is 3.94. The van der Waals surface area contributed by atoms with Crippen LogP contribution in [0.2, 0.25) is 0 Å². The molecule has 0 atom stereocenters. The Hall–Kier alpha value is -2.34. The molecular weight excluding hydrogens is 372 g/mol. The summed E-state index contributed by atoms with van der Waals surface area (Å²) in [6, 6.07) is 13.4. The number of benzene rings is 2. The molecule has 0 unspecified atom stereocenters. The molecule has 0 saturated carbocycles. The number of para-hydroxylation sites is 1. The molecule has 3 aromatic rings. The summed E-state index contributed by atoms with van der Waals surface area (Å²) < 4.78 is 8.30. The average Bonchev–Trinajstić information content (AvgIpc) is 2.83. The molecule has 2 aromatic carbocycles. The predicted octanol–water partition coefficient (Wildman–Crippen LogP) is 5.28. The second kappa shape index (κ2) is 7.05. The van der Waals surface area contributed by atoms with Crippen molar-refractivity contribution in [3.05, 3.63) is 57.4 Å². The minimum Gasteiger partial charge on any atom is -0.493 e. The van der Waals surface area contributed by atoms with E-state index in [1.807, 2.05) is 43.3 Å². The number of hydrogen-bond donors (Lipinski definition) is 1. The minimum absolute atomic E-state index is 0.0751. The van der Waals surface area contributed by atoms with Crippen LogP contribution < -0.4 is 4.74 Å². The monoisotopic (exact) mass is 388 g/mol. The molecule has 1 heterocycles. The van der Waals surface area contributed by atoms with E-state index in [9.17, 15) is 10.0 Å². The topological polar surface area (TPSA) is 63.8 Å². The molecule has 0 spiro atoms. The van der Waals surface area contributed by atoms with Crippen molar-refractivity contribution in [2.45, 2.75) is 19.9 Å². The maximum Gasteiger partial charge on any atom is 0.222 e. The molecule has 24 heavy (non-hydrogen) atoms. The van der Waals surface area contributed by atoms with Crippen molar-refractivity contribution in [3.63, 3.8) is 0 Å². The third kappa shape index (κ3) is 3.14. The Labute approximate surface area is 148 Å². The smallest absolute Gasteiger partial charge is 0.222 e. The number of aromatic hydroxyl groups is 1. The Morgan fingerprint density at radius 2 is 2.04 bits per heavy atom. The highest BCUT2D eigenvalue weighted by molar-refractivity contribution is 9.10. The predicted molar refractivity (Wildman–Crippen MR) is 98.0 cm³/mol. The SMILES string of the molecule is Cc1ccccc1OCCCn1c(O)c(N=O)c2cc(Br)ccc21. The summed E-state index contributed by atoms with van der Waals surface area (Å²) >= 11 is 3.37. The molecule has 0 aliphatic rings. The maximum atomic E-state index is 11.1. The van der Waals surface area contributed by atoms with E-state index in [2.05, 4.69) is 21.1 Å². The summed E-state index contributed by atoms with van der Waals surface area (Å²) in [6.45, 7) is 3.05. The van der Waals surface area contributed by atoms with Gasteiger partial charge in [0.1, 0.15) is 5.75 Å². The molecule has 1 aromatic heterocycles. The van der Waals surface area contributed by atoms with Gasteiger partial charge in [-0.2, -0.15) is 0 Å². The summed E-state index contributed by atoms with van der Waals surface area (Å²) in [5.41, 5.74) is 1.94. The van der Waals surface area contributed by atoms with Gasteiger partial charge in [-0.05, 0) is 48.4 Å². The van der Waals surface area contributed by atoms with Gasteiger partial charge in [-0.3, -0.25) is 0 Å². The van der Waals surface area contributed by atoms with E-state index in [0.29, 0.717) is 25.0 Å². The van der Waals surface area contributed by atoms with E-state index in [1.165, 1.54) is 0 Å². The van der Waals surface area contributed by atoms with Crippen LogP contribution in [0.1, 0.15) is 12.0 Å². The average molecular weight is 389 g/mol. The quantitative estimate of drug-likeness (QED) is 0.461. The van der Waals surface area contributed by atoms with E-state index in [-0.39, 0.29) is 11.6 Å². The van der Waals surface area contributed by atoms with Crippen LogP contribution in [0, 0.1) is 11.8 Å². The van der Waals surface area contributed by atoms with Crippen LogP contribution in [0.5, 0.6) is 11.6 Å². The Morgan fingerprint density at radius 3 is 2.79 bits per heavy atom. The second-order valence-electron chi connectivity index (χ2n) is 5.54. The molecule has 5 nitrogen and oxygen atoms in total. The second-order valence-corrected chi connectivity index (χ2v) is 6.46. The lowest BCUT2D eigenvalue weighted by atomic mass is 10.2. The largest absolute Gasteiger partial charge is 0.493 e. The highest BCUT2D eigenvalue weighted by Gasteiger charge is 2.17. The molecule has 0 saturated heterocycles. The van der Waals surface area contributed by atoms with E-state index in [1.54, 1.807) is 10.6 Å². The number of nitroso groups, excluding NO2 is 1. The van der Waals surface area contributed by atoms with Crippen molar-refractivity contribution in [1.82, 2.24) is 4.57 Å². The lowest BCUT2D eigenvalue weighted by Gasteiger charge is -2.10. The number of halogens is 1. The molecule has 124 valence electrons. The van der Waals surface area contributed by atoms with Gasteiger partial charge in [0, 0.05) is 16.4 Å². The van der Waals surface area contributed by atoms with Crippen molar-refractivity contribution >= 4 is 32.5 Å². The summed E-state index contributed by atoms with van der Waals surface area (Å²) in [6.07, 6.45) is 0.694. The molecule has 0 aliphatic carbocycles. The zero-order valence-corrected chi connectivity index (χ0v) is 14.8. The first kappa shape index (κ1) is 16.5. The molecule has 0 amide bonds. The summed E-state index contributed by atoms with van der Waals surface area (Å²) in [5.74, 6) is 0.757. The molecule has 1 N–H and O–H groups in total. The van der Waals surface area contributed by atoms with Gasteiger partial charge in [0.2, 0.25) is 5.88 Å². The van der Waals surface area contributed by atoms with Crippen molar-refractivity contribution in [1.29, 1.82) is 0 Å². The van der Waals surface area contributed by atoms with Crippen LogP contribution in [0.4, 0.5) is 5.69 Å². The zero-order valence-electron chi connectivity index (χ0n) is 13.2. The standard InChI is InChI=1S/C18H17BrN2O3/c1-12-5-2-3-6-16(12)24-10-4-9-21-15-8-7-13(19)11-14(15)17(20-23)18(21)22/h2-3,5-8,11,22H,4,9-10H2,1H3. The zero-order chi connectivity index (χ0) is 17.1. The Kier molecular flexibility index (Phi) is 4.85. The first-order chi connectivity index (χ1) is 11.6. The number of nitrogens with zero attached hydrogens (tertiary/aromatic N) is 2. The van der Waals surface area contributed by atoms with Crippen molar-refractivity contribution < 1.29 is 9.84 Å². The van der Waals surface area contributed by atoms with Gasteiger partial charge in [0.15, 0.2) is 5.69 Å². The summed E-state index contributed by atoms with van der Waals surface area (Å²) in [7, 11) is 0.